The van der Waals surface area contributed by atoms with Crippen molar-refractivity contribution in [3.05, 3.63) is 59.3 Å². The van der Waals surface area contributed by atoms with Crippen molar-refractivity contribution in [3.63, 3.8) is 0 Å². The summed E-state index contributed by atoms with van der Waals surface area (Å²) in [7, 11) is 0. The van der Waals surface area contributed by atoms with Crippen molar-refractivity contribution >= 4 is 11.7 Å². The molecule has 4 nitrogen and oxygen atoms in total. The summed E-state index contributed by atoms with van der Waals surface area (Å²) in [5.41, 5.74) is 2.84. The molecule has 1 unspecified atom stereocenters. The predicted molar refractivity (Wildman–Crippen MR) is 79.7 cm³/mol. The normalized spacial score (nSPS) is 15.2. The van der Waals surface area contributed by atoms with Crippen molar-refractivity contribution in [1.29, 1.82) is 0 Å². The average molecular weight is 278 g/mol. The lowest BCUT2D eigenvalue weighted by Crippen LogP contribution is -2.30. The van der Waals surface area contributed by atoms with Crippen molar-refractivity contribution in [2.75, 3.05) is 11.9 Å². The van der Waals surface area contributed by atoms with E-state index in [-0.39, 0.29) is 18.4 Å². The van der Waals surface area contributed by atoms with E-state index in [0.717, 1.165) is 12.0 Å². The highest BCUT2D eigenvalue weighted by Gasteiger charge is 2.31. The second-order valence-corrected chi connectivity index (χ2v) is 4.81. The average Bonchev–Trinajstić information content (AvgIpc) is 2.47. The Hall–Kier alpha value is -2.64. The van der Waals surface area contributed by atoms with Crippen molar-refractivity contribution in [2.24, 2.45) is 0 Å². The molecule has 0 saturated carbocycles. The summed E-state index contributed by atoms with van der Waals surface area (Å²) in [6, 6.07) is 13.2. The van der Waals surface area contributed by atoms with Crippen LogP contribution in [0.3, 0.4) is 0 Å². The third kappa shape index (κ3) is 2.78. The third-order valence-electron chi connectivity index (χ3n) is 3.47. The van der Waals surface area contributed by atoms with Crippen LogP contribution in [0.2, 0.25) is 0 Å². The molecular formula is C17H14N2O2. The number of nitrogens with zero attached hydrogens (tertiary/aromatic N) is 1. The van der Waals surface area contributed by atoms with Gasteiger partial charge in [-0.25, -0.2) is 4.98 Å². The summed E-state index contributed by atoms with van der Waals surface area (Å²) >= 11 is 0. The number of benzene rings is 1. The lowest BCUT2D eigenvalue weighted by atomic mass is 9.77. The zero-order chi connectivity index (χ0) is 14.7. The minimum absolute atomic E-state index is 0.0477. The second-order valence-electron chi connectivity index (χ2n) is 4.81. The Morgan fingerprint density at radius 3 is 2.95 bits per heavy atom. The molecule has 2 N–H and O–H groups in total. The maximum Gasteiger partial charge on any atom is 0.233 e. The third-order valence-corrected chi connectivity index (χ3v) is 3.47. The highest BCUT2D eigenvalue weighted by Crippen LogP contribution is 2.35. The van der Waals surface area contributed by atoms with E-state index >= 15 is 0 Å². The van der Waals surface area contributed by atoms with Crippen LogP contribution in [0, 0.1) is 11.8 Å². The van der Waals surface area contributed by atoms with E-state index in [1.807, 2.05) is 24.3 Å². The van der Waals surface area contributed by atoms with Gasteiger partial charge in [-0.2, -0.15) is 0 Å². The molecule has 0 bridgehead atoms. The van der Waals surface area contributed by atoms with E-state index in [9.17, 15) is 4.79 Å². The van der Waals surface area contributed by atoms with E-state index in [2.05, 4.69) is 22.1 Å². The van der Waals surface area contributed by atoms with Crippen LogP contribution in [0.4, 0.5) is 5.82 Å². The molecule has 1 atom stereocenters. The predicted octanol–water partition coefficient (Wildman–Crippen LogP) is 1.70. The van der Waals surface area contributed by atoms with Crippen LogP contribution in [-0.4, -0.2) is 22.6 Å². The molecule has 0 fully saturated rings. The van der Waals surface area contributed by atoms with Gasteiger partial charge in [0.1, 0.15) is 18.1 Å². The van der Waals surface area contributed by atoms with E-state index in [1.54, 1.807) is 18.2 Å². The molecule has 2 aromatic rings. The first-order valence-corrected chi connectivity index (χ1v) is 6.73. The zero-order valence-corrected chi connectivity index (χ0v) is 11.3. The number of aliphatic hydroxyl groups is 1. The Bertz CT molecular complexity index is 744. The molecule has 1 aliphatic carbocycles. The van der Waals surface area contributed by atoms with Crippen LogP contribution in [-0.2, 0) is 11.2 Å². The van der Waals surface area contributed by atoms with Gasteiger partial charge >= 0.3 is 0 Å². The summed E-state index contributed by atoms with van der Waals surface area (Å²) in [6.45, 7) is -0.211. The molecule has 0 saturated heterocycles. The summed E-state index contributed by atoms with van der Waals surface area (Å²) < 4.78 is 0. The fraction of sp³-hybridized carbons (Fsp3) is 0.176. The summed E-state index contributed by atoms with van der Waals surface area (Å²) in [4.78, 5) is 16.5. The molecule has 0 radical (unpaired) electrons. The van der Waals surface area contributed by atoms with Gasteiger partial charge in [-0.3, -0.25) is 4.79 Å². The topological polar surface area (TPSA) is 62.2 Å². The van der Waals surface area contributed by atoms with Crippen LogP contribution in [0.25, 0.3) is 0 Å². The lowest BCUT2D eigenvalue weighted by molar-refractivity contribution is -0.118. The number of nitrogens with one attached hydrogen (secondary N) is 1. The zero-order valence-electron chi connectivity index (χ0n) is 11.3. The Kier molecular flexibility index (Phi) is 3.67. The molecule has 0 aliphatic heterocycles. The van der Waals surface area contributed by atoms with Crippen LogP contribution in [0.5, 0.6) is 0 Å². The van der Waals surface area contributed by atoms with Crippen molar-refractivity contribution in [2.45, 2.75) is 12.3 Å². The highest BCUT2D eigenvalue weighted by atomic mass is 16.2. The van der Waals surface area contributed by atoms with Gasteiger partial charge < -0.3 is 10.4 Å². The number of carbonyl (C=O) groups excluding carboxylic acids is 1. The molecule has 1 aromatic carbocycles. The Morgan fingerprint density at radius 1 is 1.29 bits per heavy atom. The monoisotopic (exact) mass is 278 g/mol. The minimum atomic E-state index is -0.211. The van der Waals surface area contributed by atoms with Crippen LogP contribution >= 0.6 is 0 Å². The van der Waals surface area contributed by atoms with Gasteiger partial charge in [-0.15, -0.1) is 0 Å². The van der Waals surface area contributed by atoms with E-state index in [0.29, 0.717) is 11.5 Å². The van der Waals surface area contributed by atoms with Gasteiger partial charge in [0.25, 0.3) is 0 Å². The number of fused-ring (bicyclic) bond motifs is 1. The van der Waals surface area contributed by atoms with E-state index < -0.39 is 0 Å². The summed E-state index contributed by atoms with van der Waals surface area (Å²) in [6.07, 6.45) is 0.770. The number of carbonyl (C=O) groups is 1. The van der Waals surface area contributed by atoms with Crippen LogP contribution in [0.15, 0.2) is 42.5 Å². The Labute approximate surface area is 122 Å². The first-order valence-electron chi connectivity index (χ1n) is 6.73. The van der Waals surface area contributed by atoms with Gasteiger partial charge in [-0.05, 0) is 35.6 Å². The number of rotatable bonds is 2. The summed E-state index contributed by atoms with van der Waals surface area (Å²) in [5.74, 6) is 5.58. The van der Waals surface area contributed by atoms with Crippen LogP contribution < -0.4 is 5.32 Å². The van der Waals surface area contributed by atoms with E-state index in [4.69, 9.17) is 5.11 Å². The molecule has 1 heterocycles. The van der Waals surface area contributed by atoms with Gasteiger partial charge in [-0.1, -0.05) is 36.3 Å². The molecule has 0 spiro atoms. The maximum absolute atomic E-state index is 12.3. The Morgan fingerprint density at radius 2 is 2.14 bits per heavy atom. The smallest absolute Gasteiger partial charge is 0.233 e. The number of hydrogen-bond donors (Lipinski definition) is 2. The van der Waals surface area contributed by atoms with Crippen molar-refractivity contribution < 1.29 is 9.90 Å². The van der Waals surface area contributed by atoms with Crippen LogP contribution in [0.1, 0.15) is 22.7 Å². The first-order chi connectivity index (χ1) is 10.3. The molecule has 1 aliphatic rings. The molecule has 21 heavy (non-hydrogen) atoms. The molecule has 1 amide bonds. The van der Waals surface area contributed by atoms with Gasteiger partial charge in [0.2, 0.25) is 5.91 Å². The number of hydrogen-bond acceptors (Lipinski definition) is 3. The molecule has 4 heteroatoms. The number of aromatic nitrogens is 1. The van der Waals surface area contributed by atoms with Gasteiger partial charge in [0.05, 0.1) is 5.92 Å². The molecule has 3 rings (SSSR count). The SMILES string of the molecule is O=C(Nc1cccc(C#CCO)n1)C1Cc2ccccc21. The fourth-order valence-corrected chi connectivity index (χ4v) is 2.41. The number of aliphatic hydroxyl groups excluding tert-OH is 1. The first kappa shape index (κ1) is 13.3. The van der Waals surface area contributed by atoms with E-state index in [1.165, 1.54) is 5.56 Å². The maximum atomic E-state index is 12.3. The Balaban J connectivity index is 1.72. The number of pyridine rings is 1. The quantitative estimate of drug-likeness (QED) is 0.822. The molecular weight excluding hydrogens is 264 g/mol. The van der Waals surface area contributed by atoms with Gasteiger partial charge in [0.15, 0.2) is 0 Å². The summed E-state index contributed by atoms with van der Waals surface area (Å²) in [5, 5.41) is 11.5. The second kappa shape index (κ2) is 5.78. The molecule has 104 valence electrons. The fourth-order valence-electron chi connectivity index (χ4n) is 2.41. The van der Waals surface area contributed by atoms with Crippen molar-refractivity contribution in [3.8, 4) is 11.8 Å². The highest BCUT2D eigenvalue weighted by molar-refractivity contribution is 5.97. The number of anilines is 1. The molecule has 1 aromatic heterocycles. The standard InChI is InChI=1S/C17H14N2O2/c20-10-4-7-13-6-3-9-16(18-13)19-17(21)15-11-12-5-1-2-8-14(12)15/h1-3,5-6,8-9,15,20H,10-11H2,(H,18,19,21). The minimum Gasteiger partial charge on any atom is -0.384 e. The van der Waals surface area contributed by atoms with Gasteiger partial charge in [0, 0.05) is 0 Å². The largest absolute Gasteiger partial charge is 0.384 e. The van der Waals surface area contributed by atoms with Crippen molar-refractivity contribution in [1.82, 2.24) is 4.98 Å². The number of amides is 1. The lowest BCUT2D eigenvalue weighted by Gasteiger charge is -2.28.